The molecule has 0 heterocycles. The number of hydrogen-bond donors (Lipinski definition) is 1. The van der Waals surface area contributed by atoms with Crippen LogP contribution < -0.4 is 0 Å². The van der Waals surface area contributed by atoms with Crippen molar-refractivity contribution in [2.75, 3.05) is 0 Å². The van der Waals surface area contributed by atoms with Crippen molar-refractivity contribution in [3.63, 3.8) is 0 Å². The second-order valence-electron chi connectivity index (χ2n) is 5.24. The molecular weight excluding hydrogens is 256 g/mol. The maximum absolute atomic E-state index is 9.50. The van der Waals surface area contributed by atoms with Crippen molar-refractivity contribution in [2.24, 2.45) is 0 Å². The topological polar surface area (TPSA) is 20.2 Å². The first-order valence-electron chi connectivity index (χ1n) is 7.21. The minimum atomic E-state index is 0.300. The van der Waals surface area contributed by atoms with Gasteiger partial charge in [-0.3, -0.25) is 0 Å². The summed E-state index contributed by atoms with van der Waals surface area (Å²) in [6.45, 7) is 0. The first-order chi connectivity index (χ1) is 10.3. The van der Waals surface area contributed by atoms with E-state index in [-0.39, 0.29) is 0 Å². The van der Waals surface area contributed by atoms with Gasteiger partial charge in [0.15, 0.2) is 0 Å². The molecule has 0 fully saturated rings. The van der Waals surface area contributed by atoms with Crippen LogP contribution >= 0.6 is 0 Å². The lowest BCUT2D eigenvalue weighted by molar-refractivity contribution is 0.475. The number of phenols is 1. The second-order valence-corrected chi connectivity index (χ2v) is 5.24. The zero-order chi connectivity index (χ0) is 14.5. The number of rotatable bonds is 4. The zero-order valence-electron chi connectivity index (χ0n) is 11.8. The molecule has 1 heteroatoms. The Labute approximate surface area is 125 Å². The standard InChI is InChI=1S/C20H18O/c21-19-13-11-18(12-14-19)20(17-9-5-2-6-10-17)15-16-7-3-1-4-8-16/h1-14,20-21H,15H2/t20-/m1/s1. The summed E-state index contributed by atoms with van der Waals surface area (Å²) >= 11 is 0. The molecule has 0 amide bonds. The molecule has 0 saturated heterocycles. The van der Waals surface area contributed by atoms with Gasteiger partial charge in [0.2, 0.25) is 0 Å². The smallest absolute Gasteiger partial charge is 0.115 e. The molecule has 1 N–H and O–H groups in total. The van der Waals surface area contributed by atoms with Crippen molar-refractivity contribution in [1.82, 2.24) is 0 Å². The fourth-order valence-corrected chi connectivity index (χ4v) is 2.67. The number of hydrogen-bond acceptors (Lipinski definition) is 1. The molecule has 3 aromatic carbocycles. The highest BCUT2D eigenvalue weighted by atomic mass is 16.3. The SMILES string of the molecule is Oc1ccc([C@H](Cc2ccccc2)c2ccccc2)cc1. The van der Waals surface area contributed by atoms with Gasteiger partial charge in [-0.15, -0.1) is 0 Å². The summed E-state index contributed by atoms with van der Waals surface area (Å²) in [7, 11) is 0. The lowest BCUT2D eigenvalue weighted by Gasteiger charge is -2.18. The van der Waals surface area contributed by atoms with Crippen molar-refractivity contribution in [2.45, 2.75) is 12.3 Å². The molecule has 0 radical (unpaired) electrons. The Hall–Kier alpha value is -2.54. The Morgan fingerprint density at radius 1 is 0.619 bits per heavy atom. The highest BCUT2D eigenvalue weighted by molar-refractivity contribution is 5.37. The summed E-state index contributed by atoms with van der Waals surface area (Å²) in [4.78, 5) is 0. The Kier molecular flexibility index (Phi) is 4.02. The van der Waals surface area contributed by atoms with Crippen LogP contribution in [0.3, 0.4) is 0 Å². The molecule has 3 rings (SSSR count). The van der Waals surface area contributed by atoms with Gasteiger partial charge in [-0.1, -0.05) is 72.8 Å². The Balaban J connectivity index is 1.97. The first-order valence-corrected chi connectivity index (χ1v) is 7.21. The summed E-state index contributed by atoms with van der Waals surface area (Å²) in [6, 6.07) is 28.6. The monoisotopic (exact) mass is 274 g/mol. The Bertz CT molecular complexity index is 672. The quantitative estimate of drug-likeness (QED) is 0.726. The average molecular weight is 274 g/mol. The van der Waals surface area contributed by atoms with Crippen LogP contribution in [0, 0.1) is 0 Å². The maximum Gasteiger partial charge on any atom is 0.115 e. The van der Waals surface area contributed by atoms with Gasteiger partial charge in [0.1, 0.15) is 5.75 Å². The van der Waals surface area contributed by atoms with Crippen LogP contribution in [-0.2, 0) is 6.42 Å². The van der Waals surface area contributed by atoms with Gasteiger partial charge in [-0.25, -0.2) is 0 Å². The third-order valence-electron chi connectivity index (χ3n) is 3.78. The van der Waals surface area contributed by atoms with Crippen LogP contribution in [0.25, 0.3) is 0 Å². The fraction of sp³-hybridized carbons (Fsp3) is 0.100. The third kappa shape index (κ3) is 3.32. The molecule has 0 aliphatic carbocycles. The number of aromatic hydroxyl groups is 1. The summed E-state index contributed by atoms with van der Waals surface area (Å²) in [5, 5.41) is 9.50. The molecule has 21 heavy (non-hydrogen) atoms. The van der Waals surface area contributed by atoms with Gasteiger partial charge in [-0.05, 0) is 35.2 Å². The zero-order valence-corrected chi connectivity index (χ0v) is 11.8. The molecule has 0 spiro atoms. The lowest BCUT2D eigenvalue weighted by atomic mass is 9.86. The minimum Gasteiger partial charge on any atom is -0.508 e. The van der Waals surface area contributed by atoms with Crippen LogP contribution in [0.4, 0.5) is 0 Å². The lowest BCUT2D eigenvalue weighted by Crippen LogP contribution is -2.04. The summed E-state index contributed by atoms with van der Waals surface area (Å²) < 4.78 is 0. The van der Waals surface area contributed by atoms with Gasteiger partial charge in [0, 0.05) is 5.92 Å². The molecule has 0 bridgehead atoms. The van der Waals surface area contributed by atoms with Crippen LogP contribution in [0.1, 0.15) is 22.6 Å². The van der Waals surface area contributed by atoms with Crippen LogP contribution in [0.15, 0.2) is 84.9 Å². The predicted molar refractivity (Wildman–Crippen MR) is 86.5 cm³/mol. The fourth-order valence-electron chi connectivity index (χ4n) is 2.67. The molecular formula is C20H18O. The van der Waals surface area contributed by atoms with E-state index in [1.165, 1.54) is 16.7 Å². The third-order valence-corrected chi connectivity index (χ3v) is 3.78. The van der Waals surface area contributed by atoms with E-state index in [0.29, 0.717) is 11.7 Å². The molecule has 0 aliphatic heterocycles. The predicted octanol–water partition coefficient (Wildman–Crippen LogP) is 4.77. The van der Waals surface area contributed by atoms with E-state index in [4.69, 9.17) is 0 Å². The van der Waals surface area contributed by atoms with Gasteiger partial charge in [0.25, 0.3) is 0 Å². The molecule has 3 aromatic rings. The van der Waals surface area contributed by atoms with Crippen molar-refractivity contribution in [1.29, 1.82) is 0 Å². The minimum absolute atomic E-state index is 0.300. The Morgan fingerprint density at radius 3 is 1.76 bits per heavy atom. The van der Waals surface area contributed by atoms with Gasteiger partial charge in [-0.2, -0.15) is 0 Å². The molecule has 1 nitrogen and oxygen atoms in total. The van der Waals surface area contributed by atoms with Crippen molar-refractivity contribution in [3.8, 4) is 5.75 Å². The van der Waals surface area contributed by atoms with E-state index >= 15 is 0 Å². The van der Waals surface area contributed by atoms with E-state index in [0.717, 1.165) is 6.42 Å². The largest absolute Gasteiger partial charge is 0.508 e. The highest BCUT2D eigenvalue weighted by Gasteiger charge is 2.14. The highest BCUT2D eigenvalue weighted by Crippen LogP contribution is 2.29. The van der Waals surface area contributed by atoms with E-state index < -0.39 is 0 Å². The maximum atomic E-state index is 9.50. The van der Waals surface area contributed by atoms with E-state index in [1.807, 2.05) is 24.3 Å². The Morgan fingerprint density at radius 2 is 1.14 bits per heavy atom. The molecule has 0 aromatic heterocycles. The second kappa shape index (κ2) is 6.27. The van der Waals surface area contributed by atoms with Gasteiger partial charge in [0.05, 0.1) is 0 Å². The van der Waals surface area contributed by atoms with Crippen molar-refractivity contribution in [3.05, 3.63) is 102 Å². The molecule has 0 aliphatic rings. The average Bonchev–Trinajstić information content (AvgIpc) is 2.55. The summed E-state index contributed by atoms with van der Waals surface area (Å²) in [5.74, 6) is 0.611. The summed E-state index contributed by atoms with van der Waals surface area (Å²) in [5.41, 5.74) is 3.84. The first kappa shape index (κ1) is 13.4. The van der Waals surface area contributed by atoms with Gasteiger partial charge < -0.3 is 5.11 Å². The molecule has 1 atom stereocenters. The molecule has 0 saturated carbocycles. The van der Waals surface area contributed by atoms with Crippen molar-refractivity contribution < 1.29 is 5.11 Å². The number of benzene rings is 3. The van der Waals surface area contributed by atoms with Crippen LogP contribution in [0.2, 0.25) is 0 Å². The van der Waals surface area contributed by atoms with Crippen LogP contribution in [0.5, 0.6) is 5.75 Å². The normalized spacial score (nSPS) is 12.0. The van der Waals surface area contributed by atoms with Crippen molar-refractivity contribution >= 4 is 0 Å². The van der Waals surface area contributed by atoms with Crippen LogP contribution in [-0.4, -0.2) is 5.11 Å². The van der Waals surface area contributed by atoms with Gasteiger partial charge >= 0.3 is 0 Å². The van der Waals surface area contributed by atoms with E-state index in [1.54, 1.807) is 12.1 Å². The van der Waals surface area contributed by atoms with E-state index in [2.05, 4.69) is 48.5 Å². The number of phenolic OH excluding ortho intramolecular Hbond substituents is 1. The molecule has 104 valence electrons. The summed E-state index contributed by atoms with van der Waals surface area (Å²) in [6.07, 6.45) is 0.954. The molecule has 0 unspecified atom stereocenters. The van der Waals surface area contributed by atoms with E-state index in [9.17, 15) is 5.11 Å².